The highest BCUT2D eigenvalue weighted by Gasteiger charge is 2.62. The molecule has 0 saturated heterocycles. The lowest BCUT2D eigenvalue weighted by molar-refractivity contribution is 0.541. The minimum absolute atomic E-state index is 0.584. The summed E-state index contributed by atoms with van der Waals surface area (Å²) in [4.78, 5) is 4.65. The van der Waals surface area contributed by atoms with Gasteiger partial charge in [-0.15, -0.1) is 0 Å². The lowest BCUT2D eigenvalue weighted by atomic mass is 9.95. The van der Waals surface area contributed by atoms with Gasteiger partial charge >= 0.3 is 0 Å². The van der Waals surface area contributed by atoms with E-state index in [0.717, 1.165) is 24.3 Å². The van der Waals surface area contributed by atoms with Gasteiger partial charge in [0.1, 0.15) is 0 Å². The molecule has 0 aromatic heterocycles. The Kier molecular flexibility index (Phi) is 1.61. The lowest BCUT2D eigenvalue weighted by Crippen LogP contribution is -2.15. The molecule has 3 unspecified atom stereocenters. The van der Waals surface area contributed by atoms with E-state index >= 15 is 0 Å². The fourth-order valence-electron chi connectivity index (χ4n) is 2.65. The van der Waals surface area contributed by atoms with Crippen molar-refractivity contribution < 1.29 is 0 Å². The Bertz CT molecular complexity index is 227. The third-order valence-corrected chi connectivity index (χ3v) is 3.96. The van der Waals surface area contributed by atoms with Gasteiger partial charge in [-0.1, -0.05) is 27.7 Å². The molecule has 0 bridgehead atoms. The van der Waals surface area contributed by atoms with Crippen molar-refractivity contribution in [2.45, 2.75) is 34.1 Å². The van der Waals surface area contributed by atoms with Crippen LogP contribution in [0.5, 0.6) is 0 Å². The van der Waals surface area contributed by atoms with Crippen LogP contribution in [0, 0.1) is 23.2 Å². The normalized spacial score (nSPS) is 38.8. The van der Waals surface area contributed by atoms with Crippen molar-refractivity contribution in [2.75, 3.05) is 6.54 Å². The third kappa shape index (κ3) is 0.884. The van der Waals surface area contributed by atoms with E-state index in [1.807, 2.05) is 0 Å². The maximum absolute atomic E-state index is 4.65. The van der Waals surface area contributed by atoms with Gasteiger partial charge in [-0.05, 0) is 23.7 Å². The Hall–Kier alpha value is -0.330. The Morgan fingerprint density at radius 2 is 2.25 bits per heavy atom. The van der Waals surface area contributed by atoms with E-state index < -0.39 is 0 Å². The zero-order valence-corrected chi connectivity index (χ0v) is 8.59. The summed E-state index contributed by atoms with van der Waals surface area (Å²) in [6, 6.07) is 0. The summed E-state index contributed by atoms with van der Waals surface area (Å²) in [5.41, 5.74) is 2.10. The highest BCUT2D eigenvalue weighted by molar-refractivity contribution is 5.94. The fourth-order valence-corrected chi connectivity index (χ4v) is 2.65. The predicted molar refractivity (Wildman–Crippen MR) is 52.5 cm³/mol. The van der Waals surface area contributed by atoms with Crippen molar-refractivity contribution in [3.63, 3.8) is 0 Å². The second-order valence-corrected chi connectivity index (χ2v) is 4.98. The summed E-state index contributed by atoms with van der Waals surface area (Å²) in [5.74, 6) is 2.45. The molecule has 2 aliphatic rings. The van der Waals surface area contributed by atoms with Crippen LogP contribution in [0.15, 0.2) is 4.99 Å². The second-order valence-electron chi connectivity index (χ2n) is 4.98. The molecule has 3 atom stereocenters. The molecule has 0 spiro atoms. The fraction of sp³-hybridized carbons (Fsp3) is 0.909. The summed E-state index contributed by atoms with van der Waals surface area (Å²) < 4.78 is 0. The van der Waals surface area contributed by atoms with Crippen molar-refractivity contribution in [2.24, 2.45) is 28.2 Å². The van der Waals surface area contributed by atoms with Crippen molar-refractivity contribution in [3.05, 3.63) is 0 Å². The molecule has 2 rings (SSSR count). The first-order valence-electron chi connectivity index (χ1n) is 5.13. The molecule has 0 aromatic rings. The van der Waals surface area contributed by atoms with Crippen LogP contribution in [0.2, 0.25) is 0 Å². The van der Waals surface area contributed by atoms with Gasteiger partial charge in [-0.3, -0.25) is 4.99 Å². The lowest BCUT2D eigenvalue weighted by Gasteiger charge is -2.13. The average molecular weight is 165 g/mol. The number of hydrogen-bond acceptors (Lipinski definition) is 1. The van der Waals surface area contributed by atoms with Crippen LogP contribution in [0.25, 0.3) is 0 Å². The van der Waals surface area contributed by atoms with Crippen molar-refractivity contribution in [3.8, 4) is 0 Å². The second kappa shape index (κ2) is 2.34. The Balaban J connectivity index is 2.11. The molecule has 1 heteroatoms. The predicted octanol–water partition coefficient (Wildman–Crippen LogP) is 2.76. The molecular weight excluding hydrogens is 146 g/mol. The van der Waals surface area contributed by atoms with Gasteiger partial charge in [0.15, 0.2) is 0 Å². The van der Waals surface area contributed by atoms with Crippen molar-refractivity contribution in [1.82, 2.24) is 0 Å². The summed E-state index contributed by atoms with van der Waals surface area (Å²) >= 11 is 0. The number of nitrogens with zero attached hydrogens (tertiary/aromatic N) is 1. The number of hydrogen-bond donors (Lipinski definition) is 0. The molecule has 12 heavy (non-hydrogen) atoms. The first-order valence-corrected chi connectivity index (χ1v) is 5.13. The Morgan fingerprint density at radius 3 is 2.67 bits per heavy atom. The van der Waals surface area contributed by atoms with E-state index in [9.17, 15) is 0 Å². The van der Waals surface area contributed by atoms with Gasteiger partial charge < -0.3 is 0 Å². The van der Waals surface area contributed by atoms with Crippen LogP contribution in [0.4, 0.5) is 0 Å². The van der Waals surface area contributed by atoms with Gasteiger partial charge in [0.25, 0.3) is 0 Å². The van der Waals surface area contributed by atoms with E-state index in [1.54, 1.807) is 0 Å². The topological polar surface area (TPSA) is 12.4 Å². The van der Waals surface area contributed by atoms with Crippen LogP contribution in [0.1, 0.15) is 34.1 Å². The SMILES string of the molecule is CCC(C)C1=NCC2C1C2(C)C. The van der Waals surface area contributed by atoms with Crippen LogP contribution in [0.3, 0.4) is 0 Å². The van der Waals surface area contributed by atoms with E-state index in [-0.39, 0.29) is 0 Å². The third-order valence-electron chi connectivity index (χ3n) is 3.96. The molecule has 1 nitrogen and oxygen atoms in total. The zero-order chi connectivity index (χ0) is 8.93. The highest BCUT2D eigenvalue weighted by atomic mass is 14.9. The van der Waals surface area contributed by atoms with Gasteiger partial charge in [-0.25, -0.2) is 0 Å². The Morgan fingerprint density at radius 1 is 1.58 bits per heavy atom. The molecular formula is C11H19N. The minimum Gasteiger partial charge on any atom is -0.293 e. The van der Waals surface area contributed by atoms with E-state index in [2.05, 4.69) is 32.7 Å². The van der Waals surface area contributed by atoms with Crippen molar-refractivity contribution in [1.29, 1.82) is 0 Å². The summed E-state index contributed by atoms with van der Waals surface area (Å²) in [5, 5.41) is 0. The number of rotatable bonds is 2. The number of fused-ring (bicyclic) bond motifs is 1. The maximum Gasteiger partial charge on any atom is 0.0429 e. The molecule has 1 fully saturated rings. The Labute approximate surface area is 75.3 Å². The first kappa shape index (κ1) is 8.28. The van der Waals surface area contributed by atoms with Crippen molar-refractivity contribution >= 4 is 5.71 Å². The van der Waals surface area contributed by atoms with Gasteiger partial charge in [0.05, 0.1) is 0 Å². The van der Waals surface area contributed by atoms with Crippen LogP contribution < -0.4 is 0 Å². The molecule has 0 N–H and O–H groups in total. The van der Waals surface area contributed by atoms with Gasteiger partial charge in [-0.2, -0.15) is 0 Å². The van der Waals surface area contributed by atoms with Crippen LogP contribution >= 0.6 is 0 Å². The maximum atomic E-state index is 4.65. The summed E-state index contributed by atoms with van der Waals surface area (Å²) in [6.07, 6.45) is 1.25. The molecule has 1 saturated carbocycles. The summed E-state index contributed by atoms with van der Waals surface area (Å²) in [6.45, 7) is 10.5. The van der Waals surface area contributed by atoms with Gasteiger partial charge in [0, 0.05) is 18.2 Å². The molecule has 1 heterocycles. The van der Waals surface area contributed by atoms with E-state index in [1.165, 1.54) is 12.1 Å². The average Bonchev–Trinajstić information content (AvgIpc) is 2.52. The van der Waals surface area contributed by atoms with Gasteiger partial charge in [0.2, 0.25) is 0 Å². The summed E-state index contributed by atoms with van der Waals surface area (Å²) in [7, 11) is 0. The molecule has 1 aliphatic carbocycles. The number of aliphatic imine (C=N–C) groups is 1. The first-order chi connectivity index (χ1) is 5.59. The quantitative estimate of drug-likeness (QED) is 0.596. The zero-order valence-electron chi connectivity index (χ0n) is 8.59. The molecule has 0 amide bonds. The largest absolute Gasteiger partial charge is 0.293 e. The van der Waals surface area contributed by atoms with Crippen LogP contribution in [-0.2, 0) is 0 Å². The molecule has 68 valence electrons. The monoisotopic (exact) mass is 165 g/mol. The highest BCUT2D eigenvalue weighted by Crippen LogP contribution is 2.62. The molecule has 0 aromatic carbocycles. The van der Waals surface area contributed by atoms with E-state index in [4.69, 9.17) is 0 Å². The van der Waals surface area contributed by atoms with Crippen LogP contribution in [-0.4, -0.2) is 12.3 Å². The smallest absolute Gasteiger partial charge is 0.0429 e. The standard InChI is InChI=1S/C11H19N/c1-5-7(2)10-9-8(6-12-10)11(9,3)4/h7-9H,5-6H2,1-4H3. The minimum atomic E-state index is 0.584. The molecule has 1 aliphatic heterocycles. The molecule has 0 radical (unpaired) electrons. The van der Waals surface area contributed by atoms with E-state index in [0.29, 0.717) is 5.41 Å².